The van der Waals surface area contributed by atoms with E-state index >= 15 is 0 Å². The molecule has 0 aliphatic carbocycles. The lowest BCUT2D eigenvalue weighted by atomic mass is 10.7. The lowest BCUT2D eigenvalue weighted by Crippen LogP contribution is -2.21. The SMILES string of the molecule is C1=CSC(C2OC=CO2)=NN1. The van der Waals surface area contributed by atoms with E-state index in [4.69, 9.17) is 9.47 Å². The average molecular weight is 170 g/mol. The van der Waals surface area contributed by atoms with Gasteiger partial charge in [0.2, 0.25) is 0 Å². The van der Waals surface area contributed by atoms with Gasteiger partial charge in [-0.05, 0) is 5.41 Å². The maximum atomic E-state index is 5.06. The van der Waals surface area contributed by atoms with E-state index in [0.29, 0.717) is 0 Å². The Hall–Kier alpha value is -1.10. The Morgan fingerprint density at radius 1 is 1.45 bits per heavy atom. The maximum absolute atomic E-state index is 5.06. The van der Waals surface area contributed by atoms with Crippen LogP contribution in [-0.2, 0) is 9.47 Å². The monoisotopic (exact) mass is 170 g/mol. The molecule has 0 saturated carbocycles. The van der Waals surface area contributed by atoms with E-state index in [9.17, 15) is 0 Å². The minimum Gasteiger partial charge on any atom is -0.453 e. The first-order valence-electron chi connectivity index (χ1n) is 3.07. The smallest absolute Gasteiger partial charge is 0.291 e. The molecule has 0 aromatic carbocycles. The third-order valence-electron chi connectivity index (χ3n) is 1.17. The number of thioether (sulfide) groups is 1. The summed E-state index contributed by atoms with van der Waals surface area (Å²) in [5.74, 6) is 0. The largest absolute Gasteiger partial charge is 0.453 e. The Labute approximate surface area is 67.9 Å². The molecule has 0 fully saturated rings. The van der Waals surface area contributed by atoms with Crippen LogP contribution < -0.4 is 5.43 Å². The molecule has 11 heavy (non-hydrogen) atoms. The van der Waals surface area contributed by atoms with Crippen LogP contribution in [0, 0.1) is 0 Å². The van der Waals surface area contributed by atoms with Gasteiger partial charge in [-0.1, -0.05) is 11.8 Å². The Morgan fingerprint density at radius 3 is 2.91 bits per heavy atom. The predicted octanol–water partition coefficient (Wildman–Crippen LogP) is 0.952. The van der Waals surface area contributed by atoms with Gasteiger partial charge in [-0.3, -0.25) is 5.43 Å². The summed E-state index contributed by atoms with van der Waals surface area (Å²) in [7, 11) is 0. The Bertz CT molecular complexity index is 229. The maximum Gasteiger partial charge on any atom is 0.291 e. The van der Waals surface area contributed by atoms with Crippen molar-refractivity contribution in [2.75, 3.05) is 0 Å². The third-order valence-corrected chi connectivity index (χ3v) is 1.97. The zero-order chi connectivity index (χ0) is 7.52. The highest BCUT2D eigenvalue weighted by molar-refractivity contribution is 8.16. The van der Waals surface area contributed by atoms with Gasteiger partial charge >= 0.3 is 0 Å². The summed E-state index contributed by atoms with van der Waals surface area (Å²) in [4.78, 5) is 0. The molecule has 0 aromatic rings. The molecule has 2 aliphatic rings. The lowest BCUT2D eigenvalue weighted by molar-refractivity contribution is 0.0383. The van der Waals surface area contributed by atoms with E-state index in [1.54, 1.807) is 6.20 Å². The van der Waals surface area contributed by atoms with Crippen LogP contribution >= 0.6 is 11.8 Å². The van der Waals surface area contributed by atoms with Crippen molar-refractivity contribution in [2.24, 2.45) is 5.10 Å². The summed E-state index contributed by atoms with van der Waals surface area (Å²) in [6.07, 6.45) is 4.40. The number of hydrogen-bond donors (Lipinski definition) is 1. The summed E-state index contributed by atoms with van der Waals surface area (Å²) >= 11 is 1.48. The fourth-order valence-electron chi connectivity index (χ4n) is 0.725. The number of rotatable bonds is 1. The normalized spacial score (nSPS) is 22.0. The summed E-state index contributed by atoms with van der Waals surface area (Å²) in [5, 5.41) is 6.62. The molecule has 58 valence electrons. The van der Waals surface area contributed by atoms with Crippen LogP contribution in [0.25, 0.3) is 0 Å². The molecular weight excluding hydrogens is 164 g/mol. The molecule has 2 rings (SSSR count). The van der Waals surface area contributed by atoms with Crippen molar-refractivity contribution in [3.63, 3.8) is 0 Å². The van der Waals surface area contributed by atoms with Gasteiger partial charge in [0.05, 0.1) is 0 Å². The Kier molecular flexibility index (Phi) is 1.72. The topological polar surface area (TPSA) is 42.9 Å². The summed E-state index contributed by atoms with van der Waals surface area (Å²) < 4.78 is 10.1. The zero-order valence-electron chi connectivity index (χ0n) is 5.56. The van der Waals surface area contributed by atoms with Crippen molar-refractivity contribution in [2.45, 2.75) is 6.29 Å². The number of nitrogens with one attached hydrogen (secondary N) is 1. The van der Waals surface area contributed by atoms with Crippen molar-refractivity contribution in [1.29, 1.82) is 0 Å². The molecule has 2 heterocycles. The van der Waals surface area contributed by atoms with Gasteiger partial charge in [0.25, 0.3) is 6.29 Å². The van der Waals surface area contributed by atoms with Crippen molar-refractivity contribution in [1.82, 2.24) is 5.43 Å². The minimum absolute atomic E-state index is 0.363. The molecule has 0 saturated heterocycles. The predicted molar refractivity (Wildman–Crippen MR) is 42.4 cm³/mol. The van der Waals surface area contributed by atoms with Crippen LogP contribution in [0.3, 0.4) is 0 Å². The molecule has 1 N–H and O–H groups in total. The van der Waals surface area contributed by atoms with Crippen LogP contribution in [0.1, 0.15) is 0 Å². The minimum atomic E-state index is -0.363. The van der Waals surface area contributed by atoms with E-state index in [0.717, 1.165) is 5.04 Å². The van der Waals surface area contributed by atoms with Gasteiger partial charge < -0.3 is 9.47 Å². The summed E-state index contributed by atoms with van der Waals surface area (Å²) in [5.41, 5.74) is 2.71. The summed E-state index contributed by atoms with van der Waals surface area (Å²) in [6.45, 7) is 0. The summed E-state index contributed by atoms with van der Waals surface area (Å²) in [6, 6.07) is 0. The van der Waals surface area contributed by atoms with Gasteiger partial charge in [0.15, 0.2) is 5.04 Å². The van der Waals surface area contributed by atoms with Gasteiger partial charge in [0, 0.05) is 6.20 Å². The fourth-order valence-corrected chi connectivity index (χ4v) is 1.32. The first-order chi connectivity index (χ1) is 5.47. The van der Waals surface area contributed by atoms with Gasteiger partial charge in [-0.15, -0.1) is 0 Å². The van der Waals surface area contributed by atoms with E-state index in [1.807, 2.05) is 5.41 Å². The Morgan fingerprint density at radius 2 is 2.27 bits per heavy atom. The second-order valence-corrected chi connectivity index (χ2v) is 2.80. The molecule has 0 bridgehead atoms. The fraction of sp³-hybridized carbons (Fsp3) is 0.167. The van der Waals surface area contributed by atoms with Crippen molar-refractivity contribution in [3.05, 3.63) is 24.1 Å². The van der Waals surface area contributed by atoms with Gasteiger partial charge in [-0.25, -0.2) is 0 Å². The van der Waals surface area contributed by atoms with Crippen LogP contribution in [0.2, 0.25) is 0 Å². The van der Waals surface area contributed by atoms with Crippen LogP contribution in [-0.4, -0.2) is 11.3 Å². The number of hydrogen-bond acceptors (Lipinski definition) is 5. The molecule has 4 nitrogen and oxygen atoms in total. The highest BCUT2D eigenvalue weighted by atomic mass is 32.2. The van der Waals surface area contributed by atoms with Crippen LogP contribution in [0.4, 0.5) is 0 Å². The molecule has 0 amide bonds. The van der Waals surface area contributed by atoms with E-state index in [-0.39, 0.29) is 6.29 Å². The van der Waals surface area contributed by atoms with Gasteiger partial charge in [0.1, 0.15) is 12.5 Å². The molecule has 0 atom stereocenters. The van der Waals surface area contributed by atoms with Crippen LogP contribution in [0.15, 0.2) is 29.2 Å². The molecule has 0 unspecified atom stereocenters. The van der Waals surface area contributed by atoms with Gasteiger partial charge in [-0.2, -0.15) is 5.10 Å². The van der Waals surface area contributed by atoms with Crippen molar-refractivity contribution < 1.29 is 9.47 Å². The Balaban J connectivity index is 1.99. The second-order valence-electron chi connectivity index (χ2n) is 1.88. The van der Waals surface area contributed by atoms with Crippen LogP contribution in [0.5, 0.6) is 0 Å². The zero-order valence-corrected chi connectivity index (χ0v) is 6.38. The van der Waals surface area contributed by atoms with E-state index < -0.39 is 0 Å². The second kappa shape index (κ2) is 2.87. The standard InChI is InChI=1S/C6H6N2O2S/c1-4-11-5(8-7-1)6-9-2-3-10-6/h1-4,6-7H. The quantitative estimate of drug-likeness (QED) is 0.636. The molecule has 0 aromatic heterocycles. The highest BCUT2D eigenvalue weighted by Gasteiger charge is 2.21. The number of nitrogens with zero attached hydrogens (tertiary/aromatic N) is 1. The first-order valence-corrected chi connectivity index (χ1v) is 3.95. The van der Waals surface area contributed by atoms with E-state index in [2.05, 4.69) is 10.5 Å². The molecular formula is C6H6N2O2S. The first kappa shape index (κ1) is 6.60. The van der Waals surface area contributed by atoms with Crippen molar-refractivity contribution in [3.8, 4) is 0 Å². The molecule has 5 heteroatoms. The molecule has 0 spiro atoms. The third kappa shape index (κ3) is 1.32. The molecule has 2 aliphatic heterocycles. The number of ether oxygens (including phenoxy) is 2. The number of hydrazone groups is 1. The molecule has 0 radical (unpaired) electrons. The van der Waals surface area contributed by atoms with Crippen molar-refractivity contribution >= 4 is 16.8 Å². The highest BCUT2D eigenvalue weighted by Crippen LogP contribution is 2.18. The van der Waals surface area contributed by atoms with E-state index in [1.165, 1.54) is 24.3 Å². The average Bonchev–Trinajstić information content (AvgIpc) is 2.58. The lowest BCUT2D eigenvalue weighted by Gasteiger charge is -2.12.